The van der Waals surface area contributed by atoms with Crippen LogP contribution in [0.3, 0.4) is 0 Å². The van der Waals surface area contributed by atoms with Crippen molar-refractivity contribution in [3.05, 3.63) is 16.6 Å². The molecule has 5 heteroatoms. The van der Waals surface area contributed by atoms with Gasteiger partial charge in [0.25, 0.3) is 0 Å². The van der Waals surface area contributed by atoms with E-state index in [0.717, 1.165) is 18.8 Å². The maximum Gasteiger partial charge on any atom is 0.0795 e. The smallest absolute Gasteiger partial charge is 0.0795 e. The van der Waals surface area contributed by atoms with Gasteiger partial charge in [-0.1, -0.05) is 0 Å². The molecule has 1 saturated heterocycles. The summed E-state index contributed by atoms with van der Waals surface area (Å²) >= 11 is 1.66. The van der Waals surface area contributed by atoms with Crippen LogP contribution in [0.15, 0.2) is 10.9 Å². The second-order valence-corrected chi connectivity index (χ2v) is 5.37. The van der Waals surface area contributed by atoms with E-state index in [-0.39, 0.29) is 0 Å². The van der Waals surface area contributed by atoms with Crippen molar-refractivity contribution < 1.29 is 0 Å². The minimum atomic E-state index is 0.909. The molecule has 1 N–H and O–H groups in total. The number of likely N-dealkylation sites (N-methyl/N-ethyl adjacent to an activating group) is 1. The first kappa shape index (κ1) is 13.0. The fourth-order valence-electron chi connectivity index (χ4n) is 2.04. The van der Waals surface area contributed by atoms with Gasteiger partial charge >= 0.3 is 0 Å². The molecule has 0 amide bonds. The van der Waals surface area contributed by atoms with Crippen LogP contribution in [0, 0.1) is 0 Å². The van der Waals surface area contributed by atoms with Crippen molar-refractivity contribution in [1.29, 1.82) is 0 Å². The van der Waals surface area contributed by atoms with Crippen molar-refractivity contribution in [2.24, 2.45) is 0 Å². The van der Waals surface area contributed by atoms with Crippen molar-refractivity contribution >= 4 is 11.3 Å². The summed E-state index contributed by atoms with van der Waals surface area (Å²) in [6.07, 6.45) is 1.23. The van der Waals surface area contributed by atoms with Crippen LogP contribution < -0.4 is 5.32 Å². The number of nitrogens with zero attached hydrogens (tertiary/aromatic N) is 3. The number of rotatable bonds is 6. The molecule has 2 heterocycles. The van der Waals surface area contributed by atoms with Gasteiger partial charge in [-0.25, -0.2) is 4.98 Å². The molecule has 1 aromatic heterocycles. The normalized spacial score (nSPS) is 18.6. The lowest BCUT2D eigenvalue weighted by Crippen LogP contribution is -2.45. The third kappa shape index (κ3) is 4.71. The second-order valence-electron chi connectivity index (χ2n) is 4.66. The minimum absolute atomic E-state index is 0.909. The van der Waals surface area contributed by atoms with Crippen molar-refractivity contribution in [2.75, 3.05) is 46.3 Å². The number of hydrogen-bond acceptors (Lipinski definition) is 5. The molecular formula is C12H22N4S. The molecular weight excluding hydrogens is 232 g/mol. The van der Waals surface area contributed by atoms with Crippen LogP contribution in [0.2, 0.25) is 0 Å². The largest absolute Gasteiger partial charge is 0.311 e. The Hall–Kier alpha value is -0.490. The zero-order valence-electron chi connectivity index (χ0n) is 10.6. The Labute approximate surface area is 108 Å². The highest BCUT2D eigenvalue weighted by Gasteiger charge is 2.12. The lowest BCUT2D eigenvalue weighted by Gasteiger charge is -2.32. The maximum atomic E-state index is 4.25. The number of aromatic nitrogens is 1. The molecule has 0 spiro atoms. The topological polar surface area (TPSA) is 31.4 Å². The number of hydrogen-bond donors (Lipinski definition) is 1. The van der Waals surface area contributed by atoms with E-state index in [1.165, 1.54) is 39.1 Å². The fourth-order valence-corrected chi connectivity index (χ4v) is 2.60. The van der Waals surface area contributed by atoms with Crippen molar-refractivity contribution in [3.8, 4) is 0 Å². The quantitative estimate of drug-likeness (QED) is 0.763. The lowest BCUT2D eigenvalue weighted by atomic mass is 10.3. The molecule has 1 aromatic rings. The summed E-state index contributed by atoms with van der Waals surface area (Å²) in [5.74, 6) is 0. The molecule has 1 fully saturated rings. The Bertz CT molecular complexity index is 293. The van der Waals surface area contributed by atoms with E-state index < -0.39 is 0 Å². The first-order chi connectivity index (χ1) is 8.34. The van der Waals surface area contributed by atoms with E-state index in [0.29, 0.717) is 0 Å². The SMILES string of the molecule is CN1CCN(CCCNCc2cscn2)CC1. The third-order valence-corrected chi connectivity index (χ3v) is 3.85. The van der Waals surface area contributed by atoms with Gasteiger partial charge in [0.1, 0.15) is 0 Å². The Morgan fingerprint density at radius 3 is 2.88 bits per heavy atom. The molecule has 0 radical (unpaired) electrons. The number of piperazine rings is 1. The molecule has 0 saturated carbocycles. The van der Waals surface area contributed by atoms with Gasteiger partial charge < -0.3 is 15.1 Å². The average molecular weight is 254 g/mol. The molecule has 0 aromatic carbocycles. The van der Waals surface area contributed by atoms with E-state index in [1.807, 2.05) is 5.51 Å². The average Bonchev–Trinajstić information content (AvgIpc) is 2.84. The summed E-state index contributed by atoms with van der Waals surface area (Å²) in [5, 5.41) is 5.55. The zero-order chi connectivity index (χ0) is 11.9. The number of nitrogens with one attached hydrogen (secondary N) is 1. The summed E-state index contributed by atoms with van der Waals surface area (Å²) < 4.78 is 0. The molecule has 0 atom stereocenters. The van der Waals surface area contributed by atoms with E-state index >= 15 is 0 Å². The zero-order valence-corrected chi connectivity index (χ0v) is 11.4. The monoisotopic (exact) mass is 254 g/mol. The molecule has 4 nitrogen and oxygen atoms in total. The third-order valence-electron chi connectivity index (χ3n) is 3.21. The standard InChI is InChI=1S/C12H22N4S/c1-15-5-7-16(8-6-15)4-2-3-13-9-12-10-17-11-14-12/h10-11,13H,2-9H2,1H3. The molecule has 17 heavy (non-hydrogen) atoms. The van der Waals surface area contributed by atoms with Gasteiger partial charge in [0.2, 0.25) is 0 Å². The Balaban J connectivity index is 1.49. The van der Waals surface area contributed by atoms with E-state index in [2.05, 4.69) is 32.5 Å². The second kappa shape index (κ2) is 7.06. The first-order valence-corrected chi connectivity index (χ1v) is 7.27. The summed E-state index contributed by atoms with van der Waals surface area (Å²) in [6, 6.07) is 0. The van der Waals surface area contributed by atoms with Crippen LogP contribution in [0.25, 0.3) is 0 Å². The number of thiazole rings is 1. The predicted octanol–water partition coefficient (Wildman–Crippen LogP) is 0.870. The summed E-state index contributed by atoms with van der Waals surface area (Å²) in [5.41, 5.74) is 3.05. The molecule has 0 bridgehead atoms. The molecule has 1 aliphatic heterocycles. The molecule has 0 unspecified atom stereocenters. The molecule has 96 valence electrons. The van der Waals surface area contributed by atoms with E-state index in [1.54, 1.807) is 11.3 Å². The molecule has 0 aliphatic carbocycles. The highest BCUT2D eigenvalue weighted by Crippen LogP contribution is 2.01. The Morgan fingerprint density at radius 2 is 2.18 bits per heavy atom. The van der Waals surface area contributed by atoms with Gasteiger partial charge in [0, 0.05) is 38.1 Å². The van der Waals surface area contributed by atoms with Crippen molar-refractivity contribution in [3.63, 3.8) is 0 Å². The van der Waals surface area contributed by atoms with Gasteiger partial charge in [-0.15, -0.1) is 11.3 Å². The van der Waals surface area contributed by atoms with Gasteiger partial charge in [-0.3, -0.25) is 0 Å². The van der Waals surface area contributed by atoms with Crippen LogP contribution in [0.4, 0.5) is 0 Å². The van der Waals surface area contributed by atoms with E-state index in [4.69, 9.17) is 0 Å². The lowest BCUT2D eigenvalue weighted by molar-refractivity contribution is 0.152. The Morgan fingerprint density at radius 1 is 1.35 bits per heavy atom. The van der Waals surface area contributed by atoms with Gasteiger partial charge in [-0.2, -0.15) is 0 Å². The maximum absolute atomic E-state index is 4.25. The molecule has 2 rings (SSSR count). The highest BCUT2D eigenvalue weighted by atomic mass is 32.1. The van der Waals surface area contributed by atoms with Gasteiger partial charge in [0.05, 0.1) is 11.2 Å². The minimum Gasteiger partial charge on any atom is -0.311 e. The summed E-state index contributed by atoms with van der Waals surface area (Å²) in [6.45, 7) is 8.09. The van der Waals surface area contributed by atoms with Crippen LogP contribution in [0.1, 0.15) is 12.1 Å². The Kier molecular flexibility index (Phi) is 5.38. The van der Waals surface area contributed by atoms with E-state index in [9.17, 15) is 0 Å². The predicted molar refractivity (Wildman–Crippen MR) is 72.4 cm³/mol. The van der Waals surface area contributed by atoms with Gasteiger partial charge in [-0.05, 0) is 26.6 Å². The van der Waals surface area contributed by atoms with Crippen LogP contribution in [-0.2, 0) is 6.54 Å². The van der Waals surface area contributed by atoms with Crippen LogP contribution in [-0.4, -0.2) is 61.1 Å². The fraction of sp³-hybridized carbons (Fsp3) is 0.750. The first-order valence-electron chi connectivity index (χ1n) is 6.33. The van der Waals surface area contributed by atoms with Crippen LogP contribution in [0.5, 0.6) is 0 Å². The molecule has 1 aliphatic rings. The van der Waals surface area contributed by atoms with Gasteiger partial charge in [0.15, 0.2) is 0 Å². The van der Waals surface area contributed by atoms with Crippen molar-refractivity contribution in [2.45, 2.75) is 13.0 Å². The van der Waals surface area contributed by atoms with Crippen LogP contribution >= 0.6 is 11.3 Å². The highest BCUT2D eigenvalue weighted by molar-refractivity contribution is 7.07. The summed E-state index contributed by atoms with van der Waals surface area (Å²) in [4.78, 5) is 9.21. The van der Waals surface area contributed by atoms with Crippen molar-refractivity contribution in [1.82, 2.24) is 20.1 Å². The summed E-state index contributed by atoms with van der Waals surface area (Å²) in [7, 11) is 2.20.